The standard InChI is InChI=1S/C35H59N5O7/c1-20(2)22-15-18-40(24(22)29(43)37-23(25(41)28(36)42)19-21-13-12-14-21)30(44)26(35(9)16-10-11-17-35)38-32(46)39-27(33(3,4)5)31(45)47-34(6,7)8/h20-24,26-27H,10-19H2,1-9H3,(H2,36,42)(H,37,43)(H2,38,39,46)/t22-,23?,24+,26-,27-/m1/s1. The van der Waals surface area contributed by atoms with Gasteiger partial charge in [0.25, 0.3) is 5.91 Å². The molecule has 1 heterocycles. The first kappa shape index (κ1) is 38.3. The van der Waals surface area contributed by atoms with Crippen LogP contribution in [0.15, 0.2) is 0 Å². The number of rotatable bonds is 12. The van der Waals surface area contributed by atoms with Crippen molar-refractivity contribution < 1.29 is 33.5 Å². The molecule has 1 unspecified atom stereocenters. The van der Waals surface area contributed by atoms with E-state index < -0.39 is 70.2 Å². The van der Waals surface area contributed by atoms with Gasteiger partial charge in [0.2, 0.25) is 17.6 Å². The van der Waals surface area contributed by atoms with E-state index in [-0.39, 0.29) is 23.7 Å². The van der Waals surface area contributed by atoms with E-state index in [4.69, 9.17) is 10.5 Å². The van der Waals surface area contributed by atoms with Crippen molar-refractivity contribution in [2.24, 2.45) is 34.3 Å². The second kappa shape index (κ2) is 14.9. The number of amides is 5. The second-order valence-electron chi connectivity index (χ2n) is 16.7. The quantitative estimate of drug-likeness (QED) is 0.182. The number of ether oxygens (including phenoxy) is 1. The van der Waals surface area contributed by atoms with E-state index in [1.54, 1.807) is 25.7 Å². The summed E-state index contributed by atoms with van der Waals surface area (Å²) in [6.45, 7) is 17.0. The Hall–Kier alpha value is -3.18. The van der Waals surface area contributed by atoms with Gasteiger partial charge in [0, 0.05) is 6.54 Å². The van der Waals surface area contributed by atoms with Gasteiger partial charge >= 0.3 is 12.0 Å². The lowest BCUT2D eigenvalue weighted by Crippen LogP contribution is -2.63. The van der Waals surface area contributed by atoms with Gasteiger partial charge in [-0.1, -0.05) is 73.6 Å². The molecule has 0 radical (unpaired) electrons. The number of carbonyl (C=O) groups is 6. The molecule has 266 valence electrons. The maximum absolute atomic E-state index is 14.6. The van der Waals surface area contributed by atoms with E-state index in [0.29, 0.717) is 32.2 Å². The van der Waals surface area contributed by atoms with Crippen molar-refractivity contribution >= 4 is 35.5 Å². The Labute approximate surface area is 280 Å². The van der Waals surface area contributed by atoms with Crippen molar-refractivity contribution in [1.82, 2.24) is 20.9 Å². The van der Waals surface area contributed by atoms with Gasteiger partial charge in [0.15, 0.2) is 0 Å². The minimum absolute atomic E-state index is 0.0404. The molecule has 47 heavy (non-hydrogen) atoms. The average molecular weight is 662 g/mol. The van der Waals surface area contributed by atoms with E-state index in [9.17, 15) is 28.8 Å². The number of carbonyl (C=O) groups excluding carboxylic acids is 6. The Morgan fingerprint density at radius 2 is 1.49 bits per heavy atom. The van der Waals surface area contributed by atoms with Crippen LogP contribution in [0, 0.1) is 28.6 Å². The third-order valence-corrected chi connectivity index (χ3v) is 10.3. The van der Waals surface area contributed by atoms with Crippen LogP contribution in [0.25, 0.3) is 0 Å². The van der Waals surface area contributed by atoms with E-state index in [1.807, 2.05) is 41.5 Å². The number of hydrogen-bond acceptors (Lipinski definition) is 7. The molecule has 3 fully saturated rings. The third kappa shape index (κ3) is 9.69. The van der Waals surface area contributed by atoms with Gasteiger partial charge in [0.1, 0.15) is 23.7 Å². The van der Waals surface area contributed by atoms with Gasteiger partial charge in [-0.05, 0) is 75.0 Å². The number of Topliss-reactive ketones (excluding diaryl/α,β-unsaturated/α-hetero) is 1. The maximum atomic E-state index is 14.6. The van der Waals surface area contributed by atoms with E-state index >= 15 is 0 Å². The summed E-state index contributed by atoms with van der Waals surface area (Å²) in [4.78, 5) is 81.6. The lowest BCUT2D eigenvalue weighted by molar-refractivity contribution is -0.160. The summed E-state index contributed by atoms with van der Waals surface area (Å²) in [5.74, 6) is -3.32. The normalized spacial score (nSPS) is 23.3. The molecule has 2 saturated carbocycles. The van der Waals surface area contributed by atoms with Crippen LogP contribution < -0.4 is 21.7 Å². The number of esters is 1. The van der Waals surface area contributed by atoms with Crippen molar-refractivity contribution in [3.8, 4) is 0 Å². The fourth-order valence-electron chi connectivity index (χ4n) is 7.28. The Morgan fingerprint density at radius 1 is 0.894 bits per heavy atom. The SMILES string of the molecule is CC(C)[C@H]1CCN(C(=O)[C@@H](NC(=O)N[C@H](C(=O)OC(C)(C)C)C(C)(C)C)C2(C)CCCC2)[C@@H]1C(=O)NC(CC1CCC1)C(=O)C(N)=O. The molecule has 1 saturated heterocycles. The first-order valence-corrected chi connectivity index (χ1v) is 17.4. The zero-order valence-corrected chi connectivity index (χ0v) is 30.0. The topological polar surface area (TPSA) is 177 Å². The summed E-state index contributed by atoms with van der Waals surface area (Å²) in [6, 6.07) is -4.57. The highest BCUT2D eigenvalue weighted by Crippen LogP contribution is 2.42. The first-order chi connectivity index (χ1) is 21.6. The molecule has 0 aromatic heterocycles. The molecule has 0 aromatic carbocycles. The van der Waals surface area contributed by atoms with Crippen LogP contribution in [0.4, 0.5) is 4.79 Å². The number of primary amides is 1. The molecule has 5 atom stereocenters. The largest absolute Gasteiger partial charge is 0.458 e. The van der Waals surface area contributed by atoms with Gasteiger partial charge in [0.05, 0.1) is 6.04 Å². The van der Waals surface area contributed by atoms with Crippen molar-refractivity contribution in [3.63, 3.8) is 0 Å². The van der Waals surface area contributed by atoms with Crippen LogP contribution in [-0.4, -0.2) is 76.7 Å². The van der Waals surface area contributed by atoms with Crippen molar-refractivity contribution in [2.75, 3.05) is 6.54 Å². The lowest BCUT2D eigenvalue weighted by atomic mass is 9.79. The molecule has 5 N–H and O–H groups in total. The molecule has 1 aliphatic heterocycles. The Morgan fingerprint density at radius 3 is 1.96 bits per heavy atom. The molecule has 2 aliphatic carbocycles. The number of nitrogens with two attached hydrogens (primary N) is 1. The van der Waals surface area contributed by atoms with Crippen LogP contribution in [-0.2, 0) is 28.7 Å². The molecular formula is C35H59N5O7. The maximum Gasteiger partial charge on any atom is 0.329 e. The Balaban J connectivity index is 1.90. The third-order valence-electron chi connectivity index (χ3n) is 10.3. The number of hydrogen-bond donors (Lipinski definition) is 4. The van der Waals surface area contributed by atoms with Gasteiger partial charge in [-0.3, -0.25) is 19.2 Å². The van der Waals surface area contributed by atoms with Crippen LogP contribution in [0.1, 0.15) is 120 Å². The van der Waals surface area contributed by atoms with Crippen LogP contribution in [0.3, 0.4) is 0 Å². The van der Waals surface area contributed by atoms with Crippen LogP contribution in [0.5, 0.6) is 0 Å². The molecule has 5 amide bonds. The molecule has 0 aromatic rings. The zero-order valence-electron chi connectivity index (χ0n) is 30.0. The summed E-state index contributed by atoms with van der Waals surface area (Å²) >= 11 is 0. The second-order valence-corrected chi connectivity index (χ2v) is 16.7. The van der Waals surface area contributed by atoms with Crippen LogP contribution >= 0.6 is 0 Å². The predicted molar refractivity (Wildman–Crippen MR) is 178 cm³/mol. The average Bonchev–Trinajstić information content (AvgIpc) is 3.56. The first-order valence-electron chi connectivity index (χ1n) is 17.4. The van der Waals surface area contributed by atoms with Crippen molar-refractivity contribution in [3.05, 3.63) is 0 Å². The fraction of sp³-hybridized carbons (Fsp3) is 0.829. The van der Waals surface area contributed by atoms with Gasteiger partial charge in [-0.15, -0.1) is 0 Å². The molecule has 0 bridgehead atoms. The van der Waals surface area contributed by atoms with Gasteiger partial charge in [-0.2, -0.15) is 0 Å². The molecule has 12 nitrogen and oxygen atoms in total. The van der Waals surface area contributed by atoms with Gasteiger partial charge in [-0.25, -0.2) is 9.59 Å². The smallest absolute Gasteiger partial charge is 0.329 e. The number of nitrogens with zero attached hydrogens (tertiary/aromatic N) is 1. The minimum Gasteiger partial charge on any atom is -0.458 e. The fourth-order valence-corrected chi connectivity index (χ4v) is 7.28. The molecule has 3 rings (SSSR count). The number of likely N-dealkylation sites (tertiary alicyclic amines) is 1. The van der Waals surface area contributed by atoms with Crippen LogP contribution in [0.2, 0.25) is 0 Å². The summed E-state index contributed by atoms with van der Waals surface area (Å²) in [7, 11) is 0. The van der Waals surface area contributed by atoms with E-state index in [0.717, 1.165) is 32.1 Å². The minimum atomic E-state index is -1.10. The highest BCUT2D eigenvalue weighted by Gasteiger charge is 2.50. The van der Waals surface area contributed by atoms with E-state index in [1.165, 1.54) is 0 Å². The highest BCUT2D eigenvalue weighted by atomic mass is 16.6. The highest BCUT2D eigenvalue weighted by molar-refractivity contribution is 6.37. The van der Waals surface area contributed by atoms with Crippen molar-refractivity contribution in [1.29, 1.82) is 0 Å². The molecule has 12 heteroatoms. The van der Waals surface area contributed by atoms with Crippen molar-refractivity contribution in [2.45, 2.75) is 150 Å². The molecule has 0 spiro atoms. The monoisotopic (exact) mass is 661 g/mol. The number of urea groups is 1. The zero-order chi connectivity index (χ0) is 35.5. The molecular weight excluding hydrogens is 602 g/mol. The number of ketones is 1. The van der Waals surface area contributed by atoms with Gasteiger partial charge < -0.3 is 31.3 Å². The number of nitrogens with one attached hydrogen (secondary N) is 3. The Kier molecular flexibility index (Phi) is 12.2. The van der Waals surface area contributed by atoms with E-state index in [2.05, 4.69) is 16.0 Å². The summed E-state index contributed by atoms with van der Waals surface area (Å²) in [5, 5.41) is 8.51. The summed E-state index contributed by atoms with van der Waals surface area (Å²) < 4.78 is 5.60. The lowest BCUT2D eigenvalue weighted by Gasteiger charge is -2.39. The predicted octanol–water partition coefficient (Wildman–Crippen LogP) is 3.59. The summed E-state index contributed by atoms with van der Waals surface area (Å²) in [5.41, 5.74) is 3.33. The molecule has 3 aliphatic rings. The summed E-state index contributed by atoms with van der Waals surface area (Å²) in [6.07, 6.45) is 6.95. The Bertz CT molecular complexity index is 1190.